The van der Waals surface area contributed by atoms with E-state index in [1.165, 1.54) is 41.7 Å². The molecule has 1 heterocycles. The van der Waals surface area contributed by atoms with Crippen molar-refractivity contribution in [3.63, 3.8) is 0 Å². The van der Waals surface area contributed by atoms with Gasteiger partial charge in [-0.3, -0.25) is 4.79 Å². The Labute approximate surface area is 135 Å². The molecule has 1 amide bonds. The summed E-state index contributed by atoms with van der Waals surface area (Å²) in [6, 6.07) is 6.59. The van der Waals surface area contributed by atoms with E-state index in [0.29, 0.717) is 11.7 Å². The number of hydrogen-bond donors (Lipinski definition) is 2. The van der Waals surface area contributed by atoms with E-state index in [4.69, 9.17) is 0 Å². The van der Waals surface area contributed by atoms with E-state index < -0.39 is 0 Å². The van der Waals surface area contributed by atoms with Crippen LogP contribution in [-0.4, -0.2) is 24.5 Å². The fourth-order valence-corrected chi connectivity index (χ4v) is 3.54. The van der Waals surface area contributed by atoms with Gasteiger partial charge < -0.3 is 10.6 Å². The molecule has 0 saturated heterocycles. The van der Waals surface area contributed by atoms with Crippen molar-refractivity contribution in [3.8, 4) is 11.3 Å². The van der Waals surface area contributed by atoms with Crippen molar-refractivity contribution in [2.24, 2.45) is 5.92 Å². The number of nitrogens with zero attached hydrogens (tertiary/aromatic N) is 1. The molecule has 0 fully saturated rings. The number of aromatic nitrogens is 1. The van der Waals surface area contributed by atoms with Gasteiger partial charge in [0, 0.05) is 23.4 Å². The number of thiazole rings is 1. The number of anilines is 1. The number of carbonyl (C=O) groups excluding carboxylic acids is 1. The lowest BCUT2D eigenvalue weighted by Gasteiger charge is -2.09. The molecule has 1 atom stereocenters. The van der Waals surface area contributed by atoms with Crippen LogP contribution in [0, 0.1) is 5.92 Å². The van der Waals surface area contributed by atoms with Gasteiger partial charge >= 0.3 is 0 Å². The summed E-state index contributed by atoms with van der Waals surface area (Å²) >= 11 is 1.48. The zero-order valence-corrected chi connectivity index (χ0v) is 13.8. The highest BCUT2D eigenvalue weighted by molar-refractivity contribution is 7.14. The molecule has 5 heteroatoms. The first kappa shape index (κ1) is 15.2. The van der Waals surface area contributed by atoms with Crippen molar-refractivity contribution < 1.29 is 4.79 Å². The molecule has 4 nitrogen and oxygen atoms in total. The van der Waals surface area contributed by atoms with Gasteiger partial charge in [-0.2, -0.15) is 0 Å². The first-order valence-electron chi connectivity index (χ1n) is 7.70. The predicted molar refractivity (Wildman–Crippen MR) is 91.3 cm³/mol. The maximum absolute atomic E-state index is 12.0. The van der Waals surface area contributed by atoms with E-state index in [0.717, 1.165) is 11.3 Å². The van der Waals surface area contributed by atoms with Crippen LogP contribution in [0.25, 0.3) is 11.3 Å². The zero-order valence-electron chi connectivity index (χ0n) is 13.0. The maximum atomic E-state index is 12.0. The second-order valence-electron chi connectivity index (χ2n) is 5.82. The summed E-state index contributed by atoms with van der Waals surface area (Å²) in [5.74, 6) is -0.0680. The molecule has 1 unspecified atom stereocenters. The third kappa shape index (κ3) is 3.20. The smallest absolute Gasteiger partial charge is 0.230 e. The van der Waals surface area contributed by atoms with Crippen molar-refractivity contribution in [2.75, 3.05) is 18.9 Å². The second kappa shape index (κ2) is 6.58. The number of hydrogen-bond acceptors (Lipinski definition) is 4. The Morgan fingerprint density at radius 1 is 1.36 bits per heavy atom. The second-order valence-corrected chi connectivity index (χ2v) is 6.68. The van der Waals surface area contributed by atoms with E-state index in [1.807, 2.05) is 19.4 Å². The molecule has 116 valence electrons. The number of aryl methyl sites for hydroxylation is 2. The van der Waals surface area contributed by atoms with E-state index in [1.54, 1.807) is 0 Å². The summed E-state index contributed by atoms with van der Waals surface area (Å²) in [6.45, 7) is 2.57. The monoisotopic (exact) mass is 315 g/mol. The van der Waals surface area contributed by atoms with Crippen LogP contribution in [0.4, 0.5) is 5.13 Å². The molecule has 3 rings (SSSR count). The van der Waals surface area contributed by atoms with Crippen molar-refractivity contribution in [1.82, 2.24) is 10.3 Å². The summed E-state index contributed by atoms with van der Waals surface area (Å²) in [7, 11) is 1.85. The maximum Gasteiger partial charge on any atom is 0.230 e. The van der Waals surface area contributed by atoms with Gasteiger partial charge in [0.2, 0.25) is 5.91 Å². The van der Waals surface area contributed by atoms with Crippen LogP contribution in [0.2, 0.25) is 0 Å². The van der Waals surface area contributed by atoms with Crippen molar-refractivity contribution >= 4 is 22.4 Å². The van der Waals surface area contributed by atoms with E-state index >= 15 is 0 Å². The van der Waals surface area contributed by atoms with E-state index in [9.17, 15) is 4.79 Å². The van der Waals surface area contributed by atoms with Gasteiger partial charge in [0.15, 0.2) is 5.13 Å². The molecule has 0 spiro atoms. The average Bonchev–Trinajstić information content (AvgIpc) is 3.15. The Bertz CT molecular complexity index is 680. The molecular weight excluding hydrogens is 294 g/mol. The van der Waals surface area contributed by atoms with Gasteiger partial charge in [0.25, 0.3) is 0 Å². The number of benzene rings is 1. The Kier molecular flexibility index (Phi) is 4.55. The lowest BCUT2D eigenvalue weighted by Crippen LogP contribution is -2.28. The van der Waals surface area contributed by atoms with Crippen molar-refractivity contribution in [3.05, 3.63) is 34.7 Å². The third-order valence-corrected chi connectivity index (χ3v) is 4.84. The molecule has 1 aromatic carbocycles. The van der Waals surface area contributed by atoms with Crippen LogP contribution in [-0.2, 0) is 17.6 Å². The minimum atomic E-state index is -0.0719. The molecule has 0 saturated carbocycles. The largest absolute Gasteiger partial charge is 0.319 e. The van der Waals surface area contributed by atoms with Crippen LogP contribution < -0.4 is 10.6 Å². The van der Waals surface area contributed by atoms with Gasteiger partial charge in [-0.15, -0.1) is 11.3 Å². The first-order valence-corrected chi connectivity index (χ1v) is 8.58. The molecule has 0 radical (unpaired) electrons. The molecule has 22 heavy (non-hydrogen) atoms. The number of rotatable bonds is 5. The third-order valence-electron chi connectivity index (χ3n) is 4.09. The SMILES string of the molecule is CNCC(C)C(=O)Nc1nc(-c2ccc3c(c2)CCC3)cs1. The fourth-order valence-electron chi connectivity index (χ4n) is 2.82. The normalized spacial score (nSPS) is 14.6. The summed E-state index contributed by atoms with van der Waals surface area (Å²) < 4.78 is 0. The van der Waals surface area contributed by atoms with Crippen LogP contribution in [0.3, 0.4) is 0 Å². The summed E-state index contributed by atoms with van der Waals surface area (Å²) in [5.41, 5.74) is 4.99. The molecule has 2 N–H and O–H groups in total. The van der Waals surface area contributed by atoms with Crippen molar-refractivity contribution in [2.45, 2.75) is 26.2 Å². The topological polar surface area (TPSA) is 54.0 Å². The Balaban J connectivity index is 1.72. The first-order chi connectivity index (χ1) is 10.7. The molecule has 2 aromatic rings. The standard InChI is InChI=1S/C17H21N3OS/c1-11(9-18-2)16(21)20-17-19-15(10-22-17)14-7-6-12-4-3-5-13(12)8-14/h6-8,10-11,18H,3-5,9H2,1-2H3,(H,19,20,21). The lowest BCUT2D eigenvalue weighted by molar-refractivity contribution is -0.119. The number of fused-ring (bicyclic) bond motifs is 1. The summed E-state index contributed by atoms with van der Waals surface area (Å²) in [5, 5.41) is 8.59. The molecule has 1 aliphatic carbocycles. The lowest BCUT2D eigenvalue weighted by atomic mass is 10.1. The summed E-state index contributed by atoms with van der Waals surface area (Å²) in [6.07, 6.45) is 3.61. The van der Waals surface area contributed by atoms with Crippen LogP contribution in [0.1, 0.15) is 24.5 Å². The molecule has 1 aliphatic rings. The Hall–Kier alpha value is -1.72. The van der Waals surface area contributed by atoms with Crippen LogP contribution >= 0.6 is 11.3 Å². The highest BCUT2D eigenvalue weighted by Gasteiger charge is 2.15. The van der Waals surface area contributed by atoms with Crippen LogP contribution in [0.15, 0.2) is 23.6 Å². The minimum Gasteiger partial charge on any atom is -0.319 e. The highest BCUT2D eigenvalue weighted by atomic mass is 32.1. The quantitative estimate of drug-likeness (QED) is 0.891. The average molecular weight is 315 g/mol. The van der Waals surface area contributed by atoms with Gasteiger partial charge in [0.05, 0.1) is 5.69 Å². The van der Waals surface area contributed by atoms with Gasteiger partial charge in [-0.05, 0) is 43.5 Å². The molecular formula is C17H21N3OS. The molecule has 0 bridgehead atoms. The number of nitrogens with one attached hydrogen (secondary N) is 2. The van der Waals surface area contributed by atoms with E-state index in [-0.39, 0.29) is 11.8 Å². The predicted octanol–water partition coefficient (Wildman–Crippen LogP) is 3.09. The highest BCUT2D eigenvalue weighted by Crippen LogP contribution is 2.30. The zero-order chi connectivity index (χ0) is 15.5. The number of carbonyl (C=O) groups is 1. The number of amides is 1. The molecule has 0 aliphatic heterocycles. The minimum absolute atomic E-state index is 0.00389. The molecule has 1 aromatic heterocycles. The van der Waals surface area contributed by atoms with Gasteiger partial charge in [0.1, 0.15) is 0 Å². The Morgan fingerprint density at radius 2 is 2.18 bits per heavy atom. The van der Waals surface area contributed by atoms with Gasteiger partial charge in [-0.1, -0.05) is 19.1 Å². The van der Waals surface area contributed by atoms with E-state index in [2.05, 4.69) is 33.8 Å². The Morgan fingerprint density at radius 3 is 3.00 bits per heavy atom. The van der Waals surface area contributed by atoms with Crippen molar-refractivity contribution in [1.29, 1.82) is 0 Å². The van der Waals surface area contributed by atoms with Gasteiger partial charge in [-0.25, -0.2) is 4.98 Å². The van der Waals surface area contributed by atoms with Crippen LogP contribution in [0.5, 0.6) is 0 Å². The summed E-state index contributed by atoms with van der Waals surface area (Å²) in [4.78, 5) is 16.6. The fraction of sp³-hybridized carbons (Fsp3) is 0.412.